The summed E-state index contributed by atoms with van der Waals surface area (Å²) in [5.41, 5.74) is 1.75. The first-order valence-electron chi connectivity index (χ1n) is 5.69. The van der Waals surface area contributed by atoms with Crippen molar-refractivity contribution in [2.45, 2.75) is 0 Å². The van der Waals surface area contributed by atoms with Crippen LogP contribution in [0.4, 0.5) is 11.4 Å². The molecule has 5 heteroatoms. The molecule has 1 aliphatic rings. The Hall–Kier alpha value is -1.10. The van der Waals surface area contributed by atoms with Gasteiger partial charge in [0.2, 0.25) is 0 Å². The van der Waals surface area contributed by atoms with Gasteiger partial charge in [-0.3, -0.25) is 0 Å². The number of nitrogens with zero attached hydrogens (tertiary/aromatic N) is 3. The molecule has 0 saturated heterocycles. The maximum Gasteiger partial charge on any atom is 0.116 e. The van der Waals surface area contributed by atoms with Gasteiger partial charge in [-0.15, -0.1) is 10.2 Å². The Morgan fingerprint density at radius 2 is 2.05 bits per heavy atom. The standard InChI is InChI=1S/C14H15ClIN3/c1-16-9-5-4-6-14(16)18-17-13-8-7-11(19(2)3)10-12(13)15/h4-8,10H,1-3H3. The molecular formula is C14H15ClIN3. The number of allylic oxidation sites excluding steroid dienone is 2. The zero-order valence-electron chi connectivity index (χ0n) is 11.1. The molecular weight excluding hydrogens is 373 g/mol. The molecule has 19 heavy (non-hydrogen) atoms. The first kappa shape index (κ1) is 14.3. The number of rotatable bonds is 3. The van der Waals surface area contributed by atoms with Gasteiger partial charge in [0.1, 0.15) is 9.32 Å². The quantitative estimate of drug-likeness (QED) is 0.432. The van der Waals surface area contributed by atoms with Crippen molar-refractivity contribution in [3.63, 3.8) is 0 Å². The van der Waals surface area contributed by atoms with Crippen LogP contribution in [-0.2, 0) is 0 Å². The van der Waals surface area contributed by atoms with E-state index in [-0.39, 0.29) is 0 Å². The van der Waals surface area contributed by atoms with Gasteiger partial charge in [0.25, 0.3) is 0 Å². The lowest BCUT2D eigenvalue weighted by molar-refractivity contribution is 1.13. The van der Waals surface area contributed by atoms with Crippen molar-refractivity contribution in [1.82, 2.24) is 0 Å². The molecule has 0 unspecified atom stereocenters. The highest BCUT2D eigenvalue weighted by Gasteiger charge is 2.02. The Bertz CT molecular complexity index is 674. The second kappa shape index (κ2) is 6.37. The van der Waals surface area contributed by atoms with E-state index in [1.165, 1.54) is 0 Å². The average Bonchev–Trinajstić information content (AvgIpc) is 2.39. The second-order valence-electron chi connectivity index (χ2n) is 4.16. The van der Waals surface area contributed by atoms with Gasteiger partial charge in [0.05, 0.1) is 5.02 Å². The summed E-state index contributed by atoms with van der Waals surface area (Å²) >= 11 is 4.86. The van der Waals surface area contributed by atoms with Crippen molar-refractivity contribution in [1.29, 1.82) is 0 Å². The summed E-state index contributed by atoms with van der Waals surface area (Å²) < 4.78 is 4.36. The SMILES string of the molecule is CN(C)c1ccc(N=NC2=I(C)=C=CC=C2)c(Cl)c1. The van der Waals surface area contributed by atoms with E-state index < -0.39 is 18.9 Å². The monoisotopic (exact) mass is 387 g/mol. The number of alkyl halides is 1. The van der Waals surface area contributed by atoms with E-state index in [1.54, 1.807) is 0 Å². The van der Waals surface area contributed by atoms with Crippen LogP contribution in [0.3, 0.4) is 0 Å². The summed E-state index contributed by atoms with van der Waals surface area (Å²) in [4.78, 5) is 4.19. The third kappa shape index (κ3) is 3.69. The number of hydrogen-bond acceptors (Lipinski definition) is 3. The molecule has 0 N–H and O–H groups in total. The van der Waals surface area contributed by atoms with Crippen molar-refractivity contribution in [2.24, 2.45) is 10.2 Å². The fourth-order valence-electron chi connectivity index (χ4n) is 1.46. The van der Waals surface area contributed by atoms with E-state index in [0.717, 1.165) is 9.32 Å². The molecule has 0 bridgehead atoms. The zero-order valence-corrected chi connectivity index (χ0v) is 14.0. The minimum atomic E-state index is -1.35. The number of azo groups is 1. The van der Waals surface area contributed by atoms with Crippen LogP contribution in [-0.4, -0.2) is 26.3 Å². The molecule has 0 amide bonds. The predicted octanol–water partition coefficient (Wildman–Crippen LogP) is 4.28. The number of benzene rings is 1. The third-order valence-electron chi connectivity index (χ3n) is 2.55. The van der Waals surface area contributed by atoms with E-state index in [1.807, 2.05) is 55.4 Å². The normalized spacial score (nSPS) is 15.1. The molecule has 0 saturated carbocycles. The first-order valence-corrected chi connectivity index (χ1v) is 10.4. The number of anilines is 1. The summed E-state index contributed by atoms with van der Waals surface area (Å²) in [5.74, 6) is 0. The molecule has 1 heterocycles. The molecule has 2 rings (SSSR count). The van der Waals surface area contributed by atoms with E-state index in [2.05, 4.69) is 18.8 Å². The number of halogens is 2. The maximum atomic E-state index is 6.21. The predicted molar refractivity (Wildman–Crippen MR) is 94.0 cm³/mol. The van der Waals surface area contributed by atoms with Crippen LogP contribution >= 0.6 is 30.5 Å². The van der Waals surface area contributed by atoms with Crippen LogP contribution < -0.4 is 4.90 Å². The number of hydrogen-bond donors (Lipinski definition) is 0. The minimum absolute atomic E-state index is 0.617. The highest BCUT2D eigenvalue weighted by molar-refractivity contribution is 14.2. The van der Waals surface area contributed by atoms with Crippen LogP contribution in [0, 0.1) is 0 Å². The van der Waals surface area contributed by atoms with Crippen LogP contribution in [0.25, 0.3) is 0 Å². The van der Waals surface area contributed by atoms with E-state index in [0.29, 0.717) is 10.7 Å². The lowest BCUT2D eigenvalue weighted by atomic mass is 10.3. The van der Waals surface area contributed by atoms with Gasteiger partial charge >= 0.3 is 0 Å². The van der Waals surface area contributed by atoms with Crippen molar-refractivity contribution < 1.29 is 0 Å². The molecule has 0 aromatic heterocycles. The topological polar surface area (TPSA) is 28.0 Å². The van der Waals surface area contributed by atoms with Crippen LogP contribution in [0.1, 0.15) is 0 Å². The highest BCUT2D eigenvalue weighted by Crippen LogP contribution is 2.29. The van der Waals surface area contributed by atoms with E-state index in [9.17, 15) is 0 Å². The molecule has 100 valence electrons. The molecule has 0 spiro atoms. The Kier molecular flexibility index (Phi) is 4.80. The Morgan fingerprint density at radius 3 is 2.68 bits per heavy atom. The zero-order chi connectivity index (χ0) is 13.8. The first-order chi connectivity index (χ1) is 9.08. The molecule has 3 nitrogen and oxygen atoms in total. The van der Waals surface area contributed by atoms with Gasteiger partial charge in [-0.25, -0.2) is 0 Å². The second-order valence-corrected chi connectivity index (χ2v) is 8.99. The fraction of sp³-hybridized carbons (Fsp3) is 0.214. The third-order valence-corrected chi connectivity index (χ3v) is 6.38. The van der Waals surface area contributed by atoms with Gasteiger partial charge in [0.15, 0.2) is 0 Å². The summed E-state index contributed by atoms with van der Waals surface area (Å²) in [5, 5.41) is 9.18. The van der Waals surface area contributed by atoms with Crippen molar-refractivity contribution >= 4 is 49.1 Å². The Labute approximate surface area is 124 Å². The van der Waals surface area contributed by atoms with Gasteiger partial charge in [0, 0.05) is 19.8 Å². The van der Waals surface area contributed by atoms with Crippen molar-refractivity contribution in [3.8, 4) is 0 Å². The van der Waals surface area contributed by atoms with E-state index >= 15 is 0 Å². The van der Waals surface area contributed by atoms with Gasteiger partial charge in [-0.1, -0.05) is 40.2 Å². The van der Waals surface area contributed by atoms with E-state index in [4.69, 9.17) is 11.6 Å². The lowest BCUT2D eigenvalue weighted by Gasteiger charge is -2.12. The molecule has 0 aliphatic carbocycles. The summed E-state index contributed by atoms with van der Waals surface area (Å²) in [6.07, 6.45) is 5.91. The van der Waals surface area contributed by atoms with Gasteiger partial charge in [-0.05, 0) is 35.3 Å². The van der Waals surface area contributed by atoms with Gasteiger partial charge in [-0.2, -0.15) is 0 Å². The molecule has 0 fully saturated rings. The van der Waals surface area contributed by atoms with Gasteiger partial charge < -0.3 is 4.90 Å². The maximum absolute atomic E-state index is 6.21. The molecule has 0 atom stereocenters. The lowest BCUT2D eigenvalue weighted by Crippen LogP contribution is -2.07. The fourth-order valence-corrected chi connectivity index (χ4v) is 3.91. The summed E-state index contributed by atoms with van der Waals surface area (Å²) in [7, 11) is 3.96. The molecule has 0 radical (unpaired) electrons. The van der Waals surface area contributed by atoms with Crippen molar-refractivity contribution in [3.05, 3.63) is 41.4 Å². The van der Waals surface area contributed by atoms with Crippen LogP contribution in [0.2, 0.25) is 5.02 Å². The van der Waals surface area contributed by atoms with Crippen molar-refractivity contribution in [2.75, 3.05) is 23.9 Å². The smallest absolute Gasteiger partial charge is 0.116 e. The largest absolute Gasteiger partial charge is 0.378 e. The summed E-state index contributed by atoms with van der Waals surface area (Å²) in [6, 6.07) is 5.77. The highest BCUT2D eigenvalue weighted by atomic mass is 127. The molecule has 1 aromatic rings. The molecule has 1 aliphatic heterocycles. The van der Waals surface area contributed by atoms with Crippen LogP contribution in [0.15, 0.2) is 46.7 Å². The molecule has 1 aromatic carbocycles. The van der Waals surface area contributed by atoms with Crippen LogP contribution in [0.5, 0.6) is 0 Å². The minimum Gasteiger partial charge on any atom is -0.378 e. The Balaban J connectivity index is 2.30. The average molecular weight is 388 g/mol. The summed E-state index contributed by atoms with van der Waals surface area (Å²) in [6.45, 7) is 0. The Morgan fingerprint density at radius 1 is 1.26 bits per heavy atom.